The molecule has 10 heteroatoms. The zero-order chi connectivity index (χ0) is 22.0. The summed E-state index contributed by atoms with van der Waals surface area (Å²) in [4.78, 5) is 62.4. The second-order valence-corrected chi connectivity index (χ2v) is 7.91. The van der Waals surface area contributed by atoms with Gasteiger partial charge in [-0.1, -0.05) is 6.07 Å². The maximum absolute atomic E-state index is 13.0. The first kappa shape index (κ1) is 21.0. The molecular formula is C21H24N4O6. The molecule has 2 saturated heterocycles. The van der Waals surface area contributed by atoms with E-state index in [1.807, 2.05) is 0 Å². The molecule has 0 spiro atoms. The van der Waals surface area contributed by atoms with Gasteiger partial charge in [0.05, 0.1) is 11.1 Å². The van der Waals surface area contributed by atoms with Crippen LogP contribution in [0.2, 0.25) is 0 Å². The predicted molar refractivity (Wildman–Crippen MR) is 107 cm³/mol. The number of carbonyl (C=O) groups excluding carboxylic acids is 5. The lowest BCUT2D eigenvalue weighted by Crippen LogP contribution is -2.54. The summed E-state index contributed by atoms with van der Waals surface area (Å²) in [6.07, 6.45) is 2.12. The summed E-state index contributed by atoms with van der Waals surface area (Å²) in [6.45, 7) is 2.15. The molecule has 0 saturated carbocycles. The summed E-state index contributed by atoms with van der Waals surface area (Å²) in [5, 5.41) is 8.27. The Morgan fingerprint density at radius 2 is 1.87 bits per heavy atom. The Balaban J connectivity index is 1.41. The summed E-state index contributed by atoms with van der Waals surface area (Å²) in [5.41, 5.74) is 0.144. The molecule has 3 aliphatic rings. The smallest absolute Gasteiger partial charge is 0.266 e. The van der Waals surface area contributed by atoms with Gasteiger partial charge in [-0.3, -0.25) is 34.2 Å². The summed E-state index contributed by atoms with van der Waals surface area (Å²) in [5.74, 6) is -2.16. The molecule has 0 radical (unpaired) electrons. The van der Waals surface area contributed by atoms with Crippen molar-refractivity contribution in [3.63, 3.8) is 0 Å². The zero-order valence-corrected chi connectivity index (χ0v) is 16.9. The molecule has 1 aromatic rings. The Morgan fingerprint density at radius 1 is 1.10 bits per heavy atom. The quantitative estimate of drug-likeness (QED) is 0.524. The highest BCUT2D eigenvalue weighted by Gasteiger charge is 2.46. The Bertz CT molecular complexity index is 940. The van der Waals surface area contributed by atoms with Gasteiger partial charge in [0.2, 0.25) is 11.8 Å². The molecule has 164 valence electrons. The number of nitrogens with zero attached hydrogens (tertiary/aromatic N) is 1. The van der Waals surface area contributed by atoms with E-state index in [9.17, 15) is 24.0 Å². The standard InChI is InChI=1S/C21H24N4O6/c26-16-5-4-14(19(28)24-16)25-20(29)13-2-1-3-15(18(13)21(25)30)31-11-17(27)23-10-12-6-8-22-9-7-12/h1-3,12,14,22H,4-11H2,(H,23,27)(H,24,26,28). The number of hydrogen-bond acceptors (Lipinski definition) is 7. The largest absolute Gasteiger partial charge is 0.483 e. The van der Waals surface area contributed by atoms with Gasteiger partial charge in [-0.25, -0.2) is 0 Å². The summed E-state index contributed by atoms with van der Waals surface area (Å²) < 4.78 is 5.57. The van der Waals surface area contributed by atoms with Crippen molar-refractivity contribution in [1.82, 2.24) is 20.9 Å². The van der Waals surface area contributed by atoms with E-state index < -0.39 is 29.7 Å². The van der Waals surface area contributed by atoms with Crippen molar-refractivity contribution < 1.29 is 28.7 Å². The van der Waals surface area contributed by atoms with Gasteiger partial charge in [-0.15, -0.1) is 0 Å². The van der Waals surface area contributed by atoms with Crippen LogP contribution in [0.4, 0.5) is 0 Å². The number of piperidine rings is 2. The van der Waals surface area contributed by atoms with Crippen molar-refractivity contribution in [3.8, 4) is 5.75 Å². The number of benzene rings is 1. The Labute approximate surface area is 178 Å². The van der Waals surface area contributed by atoms with Crippen LogP contribution < -0.4 is 20.7 Å². The molecule has 0 aromatic heterocycles. The van der Waals surface area contributed by atoms with E-state index in [0.29, 0.717) is 12.5 Å². The van der Waals surface area contributed by atoms with Crippen molar-refractivity contribution in [2.75, 3.05) is 26.2 Å². The van der Waals surface area contributed by atoms with Crippen molar-refractivity contribution in [1.29, 1.82) is 0 Å². The van der Waals surface area contributed by atoms with Crippen molar-refractivity contribution >= 4 is 29.5 Å². The van der Waals surface area contributed by atoms with Crippen molar-refractivity contribution in [2.45, 2.75) is 31.7 Å². The zero-order valence-electron chi connectivity index (χ0n) is 16.9. The molecule has 3 aliphatic heterocycles. The molecule has 0 aliphatic carbocycles. The van der Waals surface area contributed by atoms with Crippen LogP contribution in [0.15, 0.2) is 18.2 Å². The second kappa shape index (κ2) is 8.84. The summed E-state index contributed by atoms with van der Waals surface area (Å²) in [6, 6.07) is 3.50. The SMILES string of the molecule is O=C(COc1cccc2c1C(=O)N(C1CCC(=O)NC1=O)C2=O)NCC1CCNCC1. The number of nitrogens with one attached hydrogen (secondary N) is 3. The first-order valence-electron chi connectivity index (χ1n) is 10.4. The van der Waals surface area contributed by atoms with Crippen LogP contribution in [0.3, 0.4) is 0 Å². The van der Waals surface area contributed by atoms with Gasteiger partial charge in [0.25, 0.3) is 17.7 Å². The third-order valence-corrected chi connectivity index (χ3v) is 5.84. The average molecular weight is 428 g/mol. The fraction of sp³-hybridized carbons (Fsp3) is 0.476. The van der Waals surface area contributed by atoms with E-state index >= 15 is 0 Å². The lowest BCUT2D eigenvalue weighted by atomic mass is 9.98. The molecule has 1 aromatic carbocycles. The van der Waals surface area contributed by atoms with Gasteiger partial charge in [0, 0.05) is 13.0 Å². The Hall–Kier alpha value is -3.27. The normalized spacial score (nSPS) is 21.7. The van der Waals surface area contributed by atoms with E-state index in [1.54, 1.807) is 6.07 Å². The van der Waals surface area contributed by atoms with Crippen LogP contribution in [0, 0.1) is 5.92 Å². The fourth-order valence-electron chi connectivity index (χ4n) is 4.14. The molecule has 3 heterocycles. The molecule has 3 N–H and O–H groups in total. The molecule has 4 rings (SSSR count). The first-order chi connectivity index (χ1) is 15.0. The molecule has 10 nitrogen and oxygen atoms in total. The molecule has 1 unspecified atom stereocenters. The lowest BCUT2D eigenvalue weighted by molar-refractivity contribution is -0.136. The number of fused-ring (bicyclic) bond motifs is 1. The minimum atomic E-state index is -1.05. The van der Waals surface area contributed by atoms with Crippen LogP contribution in [-0.2, 0) is 14.4 Å². The molecule has 0 bridgehead atoms. The topological polar surface area (TPSA) is 134 Å². The monoisotopic (exact) mass is 428 g/mol. The number of ether oxygens (including phenoxy) is 1. The van der Waals surface area contributed by atoms with E-state index in [1.165, 1.54) is 12.1 Å². The third kappa shape index (κ3) is 4.29. The molecule has 2 fully saturated rings. The third-order valence-electron chi connectivity index (χ3n) is 5.84. The van der Waals surface area contributed by atoms with E-state index in [0.717, 1.165) is 30.8 Å². The average Bonchev–Trinajstić information content (AvgIpc) is 3.02. The highest BCUT2D eigenvalue weighted by atomic mass is 16.5. The van der Waals surface area contributed by atoms with Crippen LogP contribution >= 0.6 is 0 Å². The summed E-state index contributed by atoms with van der Waals surface area (Å²) in [7, 11) is 0. The van der Waals surface area contributed by atoms with E-state index in [4.69, 9.17) is 4.74 Å². The maximum atomic E-state index is 13.0. The molecular weight excluding hydrogens is 404 g/mol. The van der Waals surface area contributed by atoms with Crippen LogP contribution in [-0.4, -0.2) is 66.7 Å². The van der Waals surface area contributed by atoms with Crippen LogP contribution in [0.5, 0.6) is 5.75 Å². The molecule has 1 atom stereocenters. The van der Waals surface area contributed by atoms with Gasteiger partial charge >= 0.3 is 0 Å². The van der Waals surface area contributed by atoms with Crippen LogP contribution in [0.1, 0.15) is 46.4 Å². The number of hydrogen-bond donors (Lipinski definition) is 3. The van der Waals surface area contributed by atoms with Gasteiger partial charge < -0.3 is 15.4 Å². The van der Waals surface area contributed by atoms with Crippen LogP contribution in [0.25, 0.3) is 0 Å². The predicted octanol–water partition coefficient (Wildman–Crippen LogP) is -0.418. The minimum absolute atomic E-state index is 0.0309. The number of rotatable bonds is 6. The minimum Gasteiger partial charge on any atom is -0.483 e. The van der Waals surface area contributed by atoms with Crippen molar-refractivity contribution in [2.24, 2.45) is 5.92 Å². The number of amides is 5. The number of carbonyl (C=O) groups is 5. The Morgan fingerprint density at radius 3 is 2.61 bits per heavy atom. The lowest BCUT2D eigenvalue weighted by Gasteiger charge is -2.27. The van der Waals surface area contributed by atoms with Crippen molar-refractivity contribution in [3.05, 3.63) is 29.3 Å². The molecule has 5 amide bonds. The first-order valence-corrected chi connectivity index (χ1v) is 10.4. The maximum Gasteiger partial charge on any atom is 0.266 e. The Kier molecular flexibility index (Phi) is 5.99. The molecule has 31 heavy (non-hydrogen) atoms. The fourth-order valence-corrected chi connectivity index (χ4v) is 4.14. The highest BCUT2D eigenvalue weighted by Crippen LogP contribution is 2.33. The van der Waals surface area contributed by atoms with Gasteiger partial charge in [-0.05, 0) is 50.4 Å². The van der Waals surface area contributed by atoms with E-state index in [-0.39, 0.29) is 42.2 Å². The summed E-state index contributed by atoms with van der Waals surface area (Å²) >= 11 is 0. The number of imide groups is 2. The van der Waals surface area contributed by atoms with E-state index in [2.05, 4.69) is 16.0 Å². The second-order valence-electron chi connectivity index (χ2n) is 7.91. The van der Waals surface area contributed by atoms with Gasteiger partial charge in [0.1, 0.15) is 11.8 Å². The highest BCUT2D eigenvalue weighted by molar-refractivity contribution is 6.24. The van der Waals surface area contributed by atoms with Gasteiger partial charge in [0.15, 0.2) is 6.61 Å². The van der Waals surface area contributed by atoms with Gasteiger partial charge in [-0.2, -0.15) is 0 Å².